The Balaban J connectivity index is 2.21. The molecule has 5 nitrogen and oxygen atoms in total. The molecule has 1 atom stereocenters. The van der Waals surface area contributed by atoms with E-state index in [1.807, 2.05) is 77.1 Å². The van der Waals surface area contributed by atoms with Crippen molar-refractivity contribution >= 4 is 27.7 Å². The lowest BCUT2D eigenvalue weighted by Gasteiger charge is -2.31. The predicted octanol–water partition coefficient (Wildman–Crippen LogP) is 4.78. The van der Waals surface area contributed by atoms with Crippen LogP contribution in [0.5, 0.6) is 5.75 Å². The lowest BCUT2D eigenvalue weighted by molar-refractivity contribution is -0.142. The number of carbonyl (C=O) groups is 2. The molecule has 0 spiro atoms. The number of rotatable bonds is 7. The normalized spacial score (nSPS) is 12.2. The van der Waals surface area contributed by atoms with Gasteiger partial charge in [-0.1, -0.05) is 40.2 Å². The molecule has 0 aliphatic heterocycles. The van der Waals surface area contributed by atoms with Crippen molar-refractivity contribution in [2.45, 2.75) is 59.7 Å². The first-order valence-electron chi connectivity index (χ1n) is 10.0. The summed E-state index contributed by atoms with van der Waals surface area (Å²) in [5.41, 5.74) is 2.57. The lowest BCUT2D eigenvalue weighted by Crippen LogP contribution is -2.53. The van der Waals surface area contributed by atoms with Crippen LogP contribution in [0.15, 0.2) is 46.9 Å². The summed E-state index contributed by atoms with van der Waals surface area (Å²) in [6.07, 6.45) is 0. The summed E-state index contributed by atoms with van der Waals surface area (Å²) in [5.74, 6) is 0.238. The fourth-order valence-corrected chi connectivity index (χ4v) is 3.42. The molecule has 0 radical (unpaired) electrons. The third-order valence-electron chi connectivity index (χ3n) is 4.60. The fraction of sp³-hybridized carbons (Fsp3) is 0.417. The van der Waals surface area contributed by atoms with Crippen molar-refractivity contribution in [1.82, 2.24) is 10.2 Å². The molecule has 0 aromatic heterocycles. The van der Waals surface area contributed by atoms with E-state index in [1.165, 1.54) is 0 Å². The molecular formula is C24H31BrN2O3. The van der Waals surface area contributed by atoms with Crippen LogP contribution >= 0.6 is 15.9 Å². The Morgan fingerprint density at radius 1 is 1.13 bits per heavy atom. The zero-order valence-corrected chi connectivity index (χ0v) is 20.2. The first-order chi connectivity index (χ1) is 14.0. The first kappa shape index (κ1) is 23.9. The van der Waals surface area contributed by atoms with E-state index in [0.717, 1.165) is 21.2 Å². The fourth-order valence-electron chi connectivity index (χ4n) is 2.97. The molecule has 0 heterocycles. The zero-order chi connectivity index (χ0) is 22.5. The van der Waals surface area contributed by atoms with Gasteiger partial charge in [0.2, 0.25) is 5.91 Å². The van der Waals surface area contributed by atoms with E-state index in [0.29, 0.717) is 12.3 Å². The van der Waals surface area contributed by atoms with Gasteiger partial charge in [-0.3, -0.25) is 9.59 Å². The molecule has 2 rings (SSSR count). The molecule has 1 N–H and O–H groups in total. The second-order valence-corrected chi connectivity index (χ2v) is 9.54. The smallest absolute Gasteiger partial charge is 0.261 e. The molecule has 0 fully saturated rings. The summed E-state index contributed by atoms with van der Waals surface area (Å²) in [6.45, 7) is 11.6. The summed E-state index contributed by atoms with van der Waals surface area (Å²) in [5, 5.41) is 2.96. The van der Waals surface area contributed by atoms with Crippen molar-refractivity contribution in [3.05, 3.63) is 63.6 Å². The number of nitrogens with one attached hydrogen (secondary N) is 1. The van der Waals surface area contributed by atoms with Gasteiger partial charge in [0.15, 0.2) is 6.61 Å². The third kappa shape index (κ3) is 7.17. The molecule has 2 aromatic carbocycles. The molecule has 6 heteroatoms. The molecule has 1 unspecified atom stereocenters. The van der Waals surface area contributed by atoms with E-state index >= 15 is 0 Å². The highest BCUT2D eigenvalue weighted by atomic mass is 79.9. The van der Waals surface area contributed by atoms with Crippen LogP contribution in [0.25, 0.3) is 0 Å². The maximum Gasteiger partial charge on any atom is 0.261 e. The molecule has 0 aliphatic carbocycles. The van der Waals surface area contributed by atoms with E-state index in [2.05, 4.69) is 21.2 Å². The van der Waals surface area contributed by atoms with Crippen LogP contribution in [-0.4, -0.2) is 34.9 Å². The molecule has 0 aliphatic rings. The Hall–Kier alpha value is -2.34. The van der Waals surface area contributed by atoms with Gasteiger partial charge in [-0.15, -0.1) is 0 Å². The van der Waals surface area contributed by atoms with Crippen LogP contribution in [0.2, 0.25) is 0 Å². The van der Waals surface area contributed by atoms with Crippen molar-refractivity contribution in [3.8, 4) is 5.75 Å². The number of ether oxygens (including phenoxy) is 1. The maximum absolute atomic E-state index is 13.1. The van der Waals surface area contributed by atoms with E-state index in [1.54, 1.807) is 11.8 Å². The average Bonchev–Trinajstić information content (AvgIpc) is 2.64. The van der Waals surface area contributed by atoms with Crippen LogP contribution in [-0.2, 0) is 16.1 Å². The maximum atomic E-state index is 13.1. The second-order valence-electron chi connectivity index (χ2n) is 8.62. The summed E-state index contributed by atoms with van der Waals surface area (Å²) in [6, 6.07) is 13.0. The number of amides is 2. The second kappa shape index (κ2) is 10.1. The predicted molar refractivity (Wildman–Crippen MR) is 123 cm³/mol. The Kier molecular flexibility index (Phi) is 8.07. The van der Waals surface area contributed by atoms with Crippen molar-refractivity contribution in [2.75, 3.05) is 6.61 Å². The van der Waals surface area contributed by atoms with Crippen LogP contribution in [0.1, 0.15) is 44.4 Å². The molecule has 2 aromatic rings. The minimum Gasteiger partial charge on any atom is -0.483 e. The largest absolute Gasteiger partial charge is 0.483 e. The molecular weight excluding hydrogens is 444 g/mol. The van der Waals surface area contributed by atoms with Crippen LogP contribution in [0.3, 0.4) is 0 Å². The van der Waals surface area contributed by atoms with E-state index < -0.39 is 6.04 Å². The molecule has 162 valence electrons. The third-order valence-corrected chi connectivity index (χ3v) is 5.10. The minimum atomic E-state index is -0.641. The SMILES string of the molecule is Cc1ccc(C)c(OCC(=O)N(Cc2cccc(Br)c2)C(C)C(=O)NC(C)(C)C)c1. The van der Waals surface area contributed by atoms with Gasteiger partial charge in [0.25, 0.3) is 5.91 Å². The van der Waals surface area contributed by atoms with Gasteiger partial charge < -0.3 is 15.0 Å². The Morgan fingerprint density at radius 3 is 2.47 bits per heavy atom. The highest BCUT2D eigenvalue weighted by molar-refractivity contribution is 9.10. The molecule has 2 amide bonds. The number of hydrogen-bond acceptors (Lipinski definition) is 3. The first-order valence-corrected chi connectivity index (χ1v) is 10.8. The number of aryl methyl sites for hydroxylation is 2. The quantitative estimate of drug-likeness (QED) is 0.628. The number of halogens is 1. The molecule has 0 bridgehead atoms. The summed E-state index contributed by atoms with van der Waals surface area (Å²) in [7, 11) is 0. The average molecular weight is 475 g/mol. The zero-order valence-electron chi connectivity index (χ0n) is 18.6. The van der Waals surface area contributed by atoms with Gasteiger partial charge in [-0.05, 0) is 76.4 Å². The lowest BCUT2D eigenvalue weighted by atomic mass is 10.1. The van der Waals surface area contributed by atoms with Gasteiger partial charge in [0.05, 0.1) is 0 Å². The summed E-state index contributed by atoms with van der Waals surface area (Å²) in [4.78, 5) is 27.5. The summed E-state index contributed by atoms with van der Waals surface area (Å²) >= 11 is 3.46. The van der Waals surface area contributed by atoms with Crippen molar-refractivity contribution in [2.24, 2.45) is 0 Å². The Morgan fingerprint density at radius 2 is 1.83 bits per heavy atom. The van der Waals surface area contributed by atoms with E-state index in [-0.39, 0.29) is 24.0 Å². The summed E-state index contributed by atoms with van der Waals surface area (Å²) < 4.78 is 6.74. The van der Waals surface area contributed by atoms with Gasteiger partial charge in [-0.25, -0.2) is 0 Å². The molecule has 0 saturated carbocycles. The highest BCUT2D eigenvalue weighted by Crippen LogP contribution is 2.20. The van der Waals surface area contributed by atoms with Crippen LogP contribution in [0, 0.1) is 13.8 Å². The van der Waals surface area contributed by atoms with Crippen LogP contribution < -0.4 is 10.1 Å². The number of hydrogen-bond donors (Lipinski definition) is 1. The highest BCUT2D eigenvalue weighted by Gasteiger charge is 2.28. The van der Waals surface area contributed by atoms with E-state index in [4.69, 9.17) is 4.74 Å². The van der Waals surface area contributed by atoms with E-state index in [9.17, 15) is 9.59 Å². The van der Waals surface area contributed by atoms with Gasteiger partial charge in [0.1, 0.15) is 11.8 Å². The number of benzene rings is 2. The Bertz CT molecular complexity index is 906. The standard InChI is InChI=1S/C24H31BrN2O3/c1-16-10-11-17(2)21(12-16)30-15-22(28)27(14-19-8-7-9-20(25)13-19)18(3)23(29)26-24(4,5)6/h7-13,18H,14-15H2,1-6H3,(H,26,29). The topological polar surface area (TPSA) is 58.6 Å². The van der Waals surface area contributed by atoms with Crippen molar-refractivity contribution < 1.29 is 14.3 Å². The van der Waals surface area contributed by atoms with Crippen LogP contribution in [0.4, 0.5) is 0 Å². The van der Waals surface area contributed by atoms with Gasteiger partial charge in [-0.2, -0.15) is 0 Å². The number of nitrogens with zero attached hydrogens (tertiary/aromatic N) is 1. The van der Waals surface area contributed by atoms with Gasteiger partial charge in [0, 0.05) is 16.6 Å². The molecule has 30 heavy (non-hydrogen) atoms. The molecule has 0 saturated heterocycles. The monoisotopic (exact) mass is 474 g/mol. The Labute approximate surface area is 187 Å². The number of carbonyl (C=O) groups excluding carboxylic acids is 2. The van der Waals surface area contributed by atoms with Crippen molar-refractivity contribution in [1.29, 1.82) is 0 Å². The van der Waals surface area contributed by atoms with Crippen molar-refractivity contribution in [3.63, 3.8) is 0 Å². The minimum absolute atomic E-state index is 0.133. The van der Waals surface area contributed by atoms with Gasteiger partial charge >= 0.3 is 0 Å².